The van der Waals surface area contributed by atoms with Crippen LogP contribution in [0.3, 0.4) is 0 Å². The van der Waals surface area contributed by atoms with Crippen LogP contribution in [-0.2, 0) is 4.79 Å². The van der Waals surface area contributed by atoms with Crippen molar-refractivity contribution in [3.05, 3.63) is 24.2 Å². The summed E-state index contributed by atoms with van der Waals surface area (Å²) in [5.41, 5.74) is 4.36. The van der Waals surface area contributed by atoms with Gasteiger partial charge in [0, 0.05) is 12.7 Å². The van der Waals surface area contributed by atoms with E-state index in [9.17, 15) is 9.18 Å². The van der Waals surface area contributed by atoms with Crippen LogP contribution in [-0.4, -0.2) is 23.4 Å². The summed E-state index contributed by atoms with van der Waals surface area (Å²) in [7, 11) is 0. The van der Waals surface area contributed by atoms with Gasteiger partial charge in [0.05, 0.1) is 0 Å². The molecule has 0 bridgehead atoms. The summed E-state index contributed by atoms with van der Waals surface area (Å²) in [6, 6.07) is 0. The van der Waals surface area contributed by atoms with Gasteiger partial charge in [-0.1, -0.05) is 0 Å². The summed E-state index contributed by atoms with van der Waals surface area (Å²) in [4.78, 5) is 11.9. The third kappa shape index (κ3) is 1.71. The maximum atomic E-state index is 12.5. The lowest BCUT2D eigenvalue weighted by atomic mass is 10.2. The first kappa shape index (κ1) is 8.93. The van der Waals surface area contributed by atoms with Crippen LogP contribution in [0.4, 0.5) is 4.39 Å². The van der Waals surface area contributed by atoms with Crippen molar-refractivity contribution in [2.45, 2.75) is 12.6 Å². The number of nitrogens with two attached hydrogens (primary N) is 1. The maximum absolute atomic E-state index is 12.5. The van der Waals surface area contributed by atoms with Crippen molar-refractivity contribution in [1.82, 2.24) is 4.90 Å². The number of nitrogens with zero attached hydrogens (tertiary/aromatic N) is 1. The molecule has 2 N–H and O–H groups in total. The second kappa shape index (κ2) is 3.06. The van der Waals surface area contributed by atoms with Gasteiger partial charge < -0.3 is 10.6 Å². The van der Waals surface area contributed by atoms with E-state index in [1.165, 1.54) is 30.2 Å². The number of allylic oxidation sites excluding steroid dienone is 2. The van der Waals surface area contributed by atoms with Crippen molar-refractivity contribution < 1.29 is 9.18 Å². The molecular weight excluding hydrogens is 159 g/mol. The van der Waals surface area contributed by atoms with Crippen molar-refractivity contribution in [3.63, 3.8) is 0 Å². The summed E-state index contributed by atoms with van der Waals surface area (Å²) in [5.74, 6) is -0.312. The molecule has 1 heterocycles. The third-order valence-corrected chi connectivity index (χ3v) is 1.70. The fourth-order valence-electron chi connectivity index (χ4n) is 0.879. The molecule has 1 atom stereocenters. The van der Waals surface area contributed by atoms with Crippen molar-refractivity contribution in [2.75, 3.05) is 6.54 Å². The molecule has 0 saturated carbocycles. The molecule has 0 aromatic carbocycles. The Kier molecular flexibility index (Phi) is 2.28. The lowest BCUT2D eigenvalue weighted by molar-refractivity contribution is 0.252. The Morgan fingerprint density at radius 2 is 2.50 bits per heavy atom. The molecule has 1 aliphatic rings. The Labute approximate surface area is 70.3 Å². The van der Waals surface area contributed by atoms with Crippen molar-refractivity contribution >= 4 is 6.29 Å². The minimum Gasteiger partial charge on any atom is -0.349 e. The van der Waals surface area contributed by atoms with Crippen molar-refractivity contribution in [2.24, 2.45) is 5.73 Å². The average Bonchev–Trinajstić information content (AvgIpc) is 2.05. The van der Waals surface area contributed by atoms with Gasteiger partial charge in [0.1, 0.15) is 5.83 Å². The van der Waals surface area contributed by atoms with E-state index in [4.69, 9.17) is 5.73 Å². The largest absolute Gasteiger partial charge is 0.349 e. The fraction of sp³-hybridized carbons (Fsp3) is 0.375. The lowest BCUT2D eigenvalue weighted by Gasteiger charge is -2.32. The van der Waals surface area contributed by atoms with E-state index in [2.05, 4.69) is 0 Å². The zero-order valence-corrected chi connectivity index (χ0v) is 6.75. The SMILES string of the molecule is C[C@](N)([C]=O)N1C=CC(F)=CC1. The van der Waals surface area contributed by atoms with Crippen LogP contribution < -0.4 is 5.73 Å². The Morgan fingerprint density at radius 3 is 2.92 bits per heavy atom. The van der Waals surface area contributed by atoms with Gasteiger partial charge in [-0.2, -0.15) is 0 Å². The number of rotatable bonds is 2. The third-order valence-electron chi connectivity index (χ3n) is 1.70. The predicted octanol–water partition coefficient (Wildman–Crippen LogP) is 0.454. The molecule has 0 unspecified atom stereocenters. The average molecular weight is 169 g/mol. The molecule has 0 aromatic heterocycles. The molecule has 0 aromatic rings. The molecule has 65 valence electrons. The first-order chi connectivity index (χ1) is 5.56. The first-order valence-corrected chi connectivity index (χ1v) is 3.55. The van der Waals surface area contributed by atoms with Crippen LogP contribution in [0.15, 0.2) is 24.2 Å². The molecule has 4 heteroatoms. The number of halogens is 1. The highest BCUT2D eigenvalue weighted by molar-refractivity contribution is 5.63. The Bertz CT molecular complexity index is 245. The molecule has 0 amide bonds. The molecule has 3 nitrogen and oxygen atoms in total. The molecular formula is C8H10FN2O. The first-order valence-electron chi connectivity index (χ1n) is 3.55. The van der Waals surface area contributed by atoms with E-state index in [-0.39, 0.29) is 5.83 Å². The highest BCUT2D eigenvalue weighted by atomic mass is 19.1. The van der Waals surface area contributed by atoms with Gasteiger partial charge >= 0.3 is 0 Å². The van der Waals surface area contributed by atoms with Crippen LogP contribution >= 0.6 is 0 Å². The second-order valence-corrected chi connectivity index (χ2v) is 2.81. The summed E-state index contributed by atoms with van der Waals surface area (Å²) in [6.45, 7) is 1.81. The maximum Gasteiger partial charge on any atom is 0.242 e. The van der Waals surface area contributed by atoms with E-state index in [1.807, 2.05) is 0 Å². The van der Waals surface area contributed by atoms with E-state index < -0.39 is 5.66 Å². The highest BCUT2D eigenvalue weighted by Crippen LogP contribution is 2.13. The Morgan fingerprint density at radius 1 is 1.83 bits per heavy atom. The molecule has 1 radical (unpaired) electrons. The van der Waals surface area contributed by atoms with E-state index in [0.29, 0.717) is 6.54 Å². The zero-order chi connectivity index (χ0) is 9.19. The Balaban J connectivity index is 2.70. The summed E-state index contributed by atoms with van der Waals surface area (Å²) in [6.07, 6.45) is 5.73. The van der Waals surface area contributed by atoms with Crippen LogP contribution in [0, 0.1) is 0 Å². The van der Waals surface area contributed by atoms with E-state index in [1.54, 1.807) is 6.29 Å². The smallest absolute Gasteiger partial charge is 0.242 e. The normalized spacial score (nSPS) is 21.6. The van der Waals surface area contributed by atoms with Gasteiger partial charge in [-0.15, -0.1) is 0 Å². The van der Waals surface area contributed by atoms with Gasteiger partial charge in [0.25, 0.3) is 0 Å². The lowest BCUT2D eigenvalue weighted by Crippen LogP contribution is -2.53. The van der Waals surface area contributed by atoms with E-state index >= 15 is 0 Å². The van der Waals surface area contributed by atoms with Gasteiger partial charge in [-0.05, 0) is 19.1 Å². The quantitative estimate of drug-likeness (QED) is 0.653. The second-order valence-electron chi connectivity index (χ2n) is 2.81. The summed E-state index contributed by atoms with van der Waals surface area (Å²) in [5, 5.41) is 0. The predicted molar refractivity (Wildman–Crippen MR) is 43.3 cm³/mol. The van der Waals surface area contributed by atoms with Gasteiger partial charge in [-0.3, -0.25) is 4.79 Å². The van der Waals surface area contributed by atoms with Crippen molar-refractivity contribution in [1.29, 1.82) is 0 Å². The summed E-state index contributed by atoms with van der Waals surface area (Å²) >= 11 is 0. The Hall–Kier alpha value is -1.16. The molecule has 0 fully saturated rings. The number of hydrogen-bond acceptors (Lipinski definition) is 3. The van der Waals surface area contributed by atoms with Crippen LogP contribution in [0.2, 0.25) is 0 Å². The molecule has 1 aliphatic heterocycles. The molecule has 0 saturated heterocycles. The highest BCUT2D eigenvalue weighted by Gasteiger charge is 2.25. The minimum absolute atomic E-state index is 0.296. The molecule has 12 heavy (non-hydrogen) atoms. The summed E-state index contributed by atoms with van der Waals surface area (Å²) < 4.78 is 12.5. The topological polar surface area (TPSA) is 46.3 Å². The van der Waals surface area contributed by atoms with Gasteiger partial charge in [0.15, 0.2) is 5.66 Å². The minimum atomic E-state index is -1.17. The van der Waals surface area contributed by atoms with Crippen LogP contribution in [0.5, 0.6) is 0 Å². The van der Waals surface area contributed by atoms with Gasteiger partial charge in [-0.25, -0.2) is 4.39 Å². The molecule has 1 rings (SSSR count). The fourth-order valence-corrected chi connectivity index (χ4v) is 0.879. The molecule has 0 aliphatic carbocycles. The van der Waals surface area contributed by atoms with Gasteiger partial charge in [0.2, 0.25) is 6.29 Å². The van der Waals surface area contributed by atoms with Crippen LogP contribution in [0.25, 0.3) is 0 Å². The number of hydrogen-bond donors (Lipinski definition) is 1. The zero-order valence-electron chi connectivity index (χ0n) is 6.75. The van der Waals surface area contributed by atoms with E-state index in [0.717, 1.165) is 0 Å². The monoisotopic (exact) mass is 169 g/mol. The van der Waals surface area contributed by atoms with Crippen LogP contribution in [0.1, 0.15) is 6.92 Å². The standard InChI is InChI=1S/C8H10FN2O/c1-8(10,6-12)11-4-2-7(9)3-5-11/h2-4H,5,10H2,1H3/t8-/m1/s1. The number of carbonyl (C=O) groups excluding carboxylic acids is 1. The molecule has 0 spiro atoms. The van der Waals surface area contributed by atoms with Crippen molar-refractivity contribution in [3.8, 4) is 0 Å².